The molecule has 0 N–H and O–H groups in total. The fourth-order valence-corrected chi connectivity index (χ4v) is 4.97. The molecular weight excluding hydrogens is 368 g/mol. The highest BCUT2D eigenvalue weighted by atomic mass is 32.2. The number of carbonyl (C=O) groups is 1. The molecule has 1 fully saturated rings. The van der Waals surface area contributed by atoms with E-state index in [4.69, 9.17) is 0 Å². The van der Waals surface area contributed by atoms with Crippen molar-refractivity contribution in [2.24, 2.45) is 0 Å². The third-order valence-corrected chi connectivity index (χ3v) is 7.20. The minimum absolute atomic E-state index is 0.0110. The molecule has 0 saturated carbocycles. The summed E-state index contributed by atoms with van der Waals surface area (Å²) in [6, 6.07) is 11.2. The summed E-state index contributed by atoms with van der Waals surface area (Å²) in [6.45, 7) is 5.44. The summed E-state index contributed by atoms with van der Waals surface area (Å²) < 4.78 is 26.4. The molecule has 1 aromatic carbocycles. The number of piperazine rings is 1. The second kappa shape index (κ2) is 7.73. The number of aryl methyl sites for hydroxylation is 2. The van der Waals surface area contributed by atoms with Gasteiger partial charge in [-0.2, -0.15) is 4.31 Å². The molecule has 1 saturated heterocycles. The average Bonchev–Trinajstić information content (AvgIpc) is 2.99. The first-order valence-corrected chi connectivity index (χ1v) is 10.8. The van der Waals surface area contributed by atoms with Crippen LogP contribution in [0.5, 0.6) is 0 Å². The Morgan fingerprint density at radius 1 is 1.08 bits per heavy atom. The molecule has 0 atom stereocenters. The van der Waals surface area contributed by atoms with Gasteiger partial charge < -0.3 is 4.90 Å². The molecule has 7 heteroatoms. The van der Waals surface area contributed by atoms with Crippen molar-refractivity contribution < 1.29 is 13.2 Å². The van der Waals surface area contributed by atoms with Gasteiger partial charge in [0.25, 0.3) is 5.91 Å². The molecule has 138 valence electrons. The van der Waals surface area contributed by atoms with Gasteiger partial charge in [-0.15, -0.1) is 11.3 Å². The minimum Gasteiger partial charge on any atom is -0.335 e. The number of carbonyl (C=O) groups excluding carboxylic acids is 1. The van der Waals surface area contributed by atoms with E-state index in [-0.39, 0.29) is 5.91 Å². The van der Waals surface area contributed by atoms with E-state index in [0.717, 1.165) is 20.9 Å². The largest absolute Gasteiger partial charge is 0.335 e. The SMILES string of the molecule is Cc1cc(C(=O)N2CCN(S(=O)(=O)/C=C/c3ccccc3)CC2)sc1C. The van der Waals surface area contributed by atoms with Gasteiger partial charge in [0.05, 0.1) is 4.88 Å². The van der Waals surface area contributed by atoms with E-state index in [1.807, 2.05) is 50.2 Å². The van der Waals surface area contributed by atoms with E-state index in [1.54, 1.807) is 11.0 Å². The van der Waals surface area contributed by atoms with Crippen molar-refractivity contribution in [1.29, 1.82) is 0 Å². The predicted octanol–water partition coefficient (Wildman–Crippen LogP) is 3.12. The van der Waals surface area contributed by atoms with Crippen LogP contribution in [0.3, 0.4) is 0 Å². The lowest BCUT2D eigenvalue weighted by atomic mass is 10.2. The molecule has 1 amide bonds. The maximum absolute atomic E-state index is 12.6. The van der Waals surface area contributed by atoms with Crippen molar-refractivity contribution in [2.75, 3.05) is 26.2 Å². The zero-order valence-electron chi connectivity index (χ0n) is 14.9. The second-order valence-electron chi connectivity index (χ2n) is 6.30. The number of sulfonamides is 1. The highest BCUT2D eigenvalue weighted by Crippen LogP contribution is 2.23. The van der Waals surface area contributed by atoms with Crippen molar-refractivity contribution in [2.45, 2.75) is 13.8 Å². The van der Waals surface area contributed by atoms with Crippen molar-refractivity contribution >= 4 is 33.3 Å². The molecule has 0 unspecified atom stereocenters. The molecule has 26 heavy (non-hydrogen) atoms. The van der Waals surface area contributed by atoms with E-state index < -0.39 is 10.0 Å². The number of benzene rings is 1. The number of amides is 1. The van der Waals surface area contributed by atoms with Crippen molar-refractivity contribution in [3.8, 4) is 0 Å². The fourth-order valence-electron chi connectivity index (χ4n) is 2.79. The standard InChI is InChI=1S/C19H22N2O3S2/c1-15-14-18(25-16(15)2)19(22)20-9-11-21(12-10-20)26(23,24)13-8-17-6-4-3-5-7-17/h3-8,13-14H,9-12H2,1-2H3/b13-8+. The predicted molar refractivity (Wildman–Crippen MR) is 106 cm³/mol. The van der Waals surface area contributed by atoms with Crippen LogP contribution in [0.2, 0.25) is 0 Å². The lowest BCUT2D eigenvalue weighted by molar-refractivity contribution is 0.0703. The summed E-state index contributed by atoms with van der Waals surface area (Å²) in [7, 11) is -3.48. The molecule has 2 heterocycles. The van der Waals surface area contributed by atoms with Crippen LogP contribution in [0.4, 0.5) is 0 Å². The highest BCUT2D eigenvalue weighted by Gasteiger charge is 2.28. The first kappa shape index (κ1) is 18.8. The minimum atomic E-state index is -3.48. The van der Waals surface area contributed by atoms with E-state index in [2.05, 4.69) is 0 Å². The van der Waals surface area contributed by atoms with Gasteiger partial charge in [-0.1, -0.05) is 30.3 Å². The monoisotopic (exact) mass is 390 g/mol. The number of nitrogens with zero attached hydrogens (tertiary/aromatic N) is 2. The Bertz CT molecular complexity index is 890. The van der Waals surface area contributed by atoms with Gasteiger partial charge in [0.15, 0.2) is 0 Å². The van der Waals surface area contributed by atoms with Crippen LogP contribution in [-0.4, -0.2) is 49.7 Å². The summed E-state index contributed by atoms with van der Waals surface area (Å²) in [5, 5.41) is 1.24. The Morgan fingerprint density at radius 3 is 2.31 bits per heavy atom. The van der Waals surface area contributed by atoms with Gasteiger partial charge >= 0.3 is 0 Å². The average molecular weight is 391 g/mol. The normalized spacial score (nSPS) is 16.3. The lowest BCUT2D eigenvalue weighted by Crippen LogP contribution is -2.49. The Morgan fingerprint density at radius 2 is 1.73 bits per heavy atom. The first-order chi connectivity index (χ1) is 12.4. The van der Waals surface area contributed by atoms with E-state index >= 15 is 0 Å². The number of rotatable bonds is 4. The van der Waals surface area contributed by atoms with Gasteiger partial charge in [0.2, 0.25) is 10.0 Å². The number of thiophene rings is 1. The molecule has 0 spiro atoms. The van der Waals surface area contributed by atoms with Crippen LogP contribution in [0.1, 0.15) is 25.7 Å². The second-order valence-corrected chi connectivity index (χ2v) is 9.37. The lowest BCUT2D eigenvalue weighted by Gasteiger charge is -2.33. The molecule has 1 aromatic heterocycles. The maximum Gasteiger partial charge on any atom is 0.264 e. The van der Waals surface area contributed by atoms with Crippen molar-refractivity contribution in [1.82, 2.24) is 9.21 Å². The summed E-state index contributed by atoms with van der Waals surface area (Å²) in [6.07, 6.45) is 1.60. The highest BCUT2D eigenvalue weighted by molar-refractivity contribution is 7.92. The first-order valence-electron chi connectivity index (χ1n) is 8.46. The van der Waals surface area contributed by atoms with Crippen LogP contribution in [0.25, 0.3) is 6.08 Å². The summed E-state index contributed by atoms with van der Waals surface area (Å²) in [5.74, 6) is -0.0110. The molecule has 0 aliphatic carbocycles. The number of hydrogen-bond donors (Lipinski definition) is 0. The molecular formula is C19H22N2O3S2. The van der Waals surface area contributed by atoms with Crippen LogP contribution >= 0.6 is 11.3 Å². The fraction of sp³-hybridized carbons (Fsp3) is 0.316. The smallest absolute Gasteiger partial charge is 0.264 e. The summed E-state index contributed by atoms with van der Waals surface area (Å²) in [4.78, 5) is 16.2. The molecule has 5 nitrogen and oxygen atoms in total. The van der Waals surface area contributed by atoms with Crippen molar-refractivity contribution in [3.05, 3.63) is 62.7 Å². The van der Waals surface area contributed by atoms with Crippen molar-refractivity contribution in [3.63, 3.8) is 0 Å². The van der Waals surface area contributed by atoms with Gasteiger partial charge in [0, 0.05) is 36.5 Å². The van der Waals surface area contributed by atoms with Gasteiger partial charge in [-0.05, 0) is 37.1 Å². The molecule has 1 aliphatic heterocycles. The van der Waals surface area contributed by atoms with E-state index in [0.29, 0.717) is 26.2 Å². The van der Waals surface area contributed by atoms with E-state index in [9.17, 15) is 13.2 Å². The Balaban J connectivity index is 1.62. The molecule has 2 aromatic rings. The quantitative estimate of drug-likeness (QED) is 0.806. The third-order valence-electron chi connectivity index (χ3n) is 4.49. The Labute approximate surface area is 158 Å². The van der Waals surface area contributed by atoms with Crippen LogP contribution in [0, 0.1) is 13.8 Å². The molecule has 0 bridgehead atoms. The van der Waals surface area contributed by atoms with Crippen LogP contribution in [0.15, 0.2) is 41.8 Å². The van der Waals surface area contributed by atoms with Gasteiger partial charge in [0.1, 0.15) is 0 Å². The zero-order valence-corrected chi connectivity index (χ0v) is 16.5. The third kappa shape index (κ3) is 4.23. The summed E-state index contributed by atoms with van der Waals surface area (Å²) in [5.41, 5.74) is 1.96. The number of hydrogen-bond acceptors (Lipinski definition) is 4. The molecule has 1 aliphatic rings. The topological polar surface area (TPSA) is 57.7 Å². The Kier molecular flexibility index (Phi) is 5.60. The van der Waals surface area contributed by atoms with Crippen LogP contribution in [-0.2, 0) is 10.0 Å². The van der Waals surface area contributed by atoms with Gasteiger partial charge in [-0.25, -0.2) is 8.42 Å². The maximum atomic E-state index is 12.6. The van der Waals surface area contributed by atoms with Gasteiger partial charge in [-0.3, -0.25) is 4.79 Å². The Hall–Kier alpha value is -1.96. The molecule has 0 radical (unpaired) electrons. The molecule has 3 rings (SSSR count). The summed E-state index contributed by atoms with van der Waals surface area (Å²) >= 11 is 1.49. The van der Waals surface area contributed by atoms with E-state index in [1.165, 1.54) is 21.1 Å². The zero-order chi connectivity index (χ0) is 18.7. The van der Waals surface area contributed by atoms with Crippen LogP contribution < -0.4 is 0 Å².